The van der Waals surface area contributed by atoms with E-state index >= 15 is 0 Å². The molecule has 0 bridgehead atoms. The van der Waals surface area contributed by atoms with Crippen LogP contribution in [0.15, 0.2) is 48.7 Å². The van der Waals surface area contributed by atoms with Crippen LogP contribution in [0.1, 0.15) is 18.2 Å². The summed E-state index contributed by atoms with van der Waals surface area (Å²) in [4.78, 5) is 16.3. The van der Waals surface area contributed by atoms with E-state index in [0.29, 0.717) is 11.4 Å². The van der Waals surface area contributed by atoms with Gasteiger partial charge >= 0.3 is 0 Å². The Hall–Kier alpha value is -2.40. The number of aliphatic hydroxyl groups excluding tert-OH is 1. The number of anilines is 1. The van der Waals surface area contributed by atoms with Crippen LogP contribution in [0.4, 0.5) is 5.69 Å². The Morgan fingerprint density at radius 3 is 2.57 bits per heavy atom. The molecule has 1 amide bonds. The van der Waals surface area contributed by atoms with E-state index in [1.165, 1.54) is 6.20 Å². The van der Waals surface area contributed by atoms with Crippen molar-refractivity contribution in [3.05, 3.63) is 59.9 Å². The smallest absolute Gasteiger partial charge is 0.226 e. The first-order valence-corrected chi connectivity index (χ1v) is 6.71. The number of benzene rings is 1. The summed E-state index contributed by atoms with van der Waals surface area (Å²) < 4.78 is 0. The number of amides is 1. The Kier molecular flexibility index (Phi) is 4.55. The third kappa shape index (κ3) is 3.79. The lowest BCUT2D eigenvalue weighted by atomic mass is 9.92. The normalized spacial score (nSPS) is 13.4. The molecule has 0 saturated carbocycles. The number of hydrogen-bond donors (Lipinski definition) is 3. The third-order valence-corrected chi connectivity index (χ3v) is 3.33. The van der Waals surface area contributed by atoms with Gasteiger partial charge in [-0.2, -0.15) is 0 Å². The first-order valence-electron chi connectivity index (χ1n) is 6.71. The lowest BCUT2D eigenvalue weighted by Crippen LogP contribution is -2.47. The molecule has 4 N–H and O–H groups in total. The van der Waals surface area contributed by atoms with Gasteiger partial charge in [0, 0.05) is 5.69 Å². The van der Waals surface area contributed by atoms with E-state index in [2.05, 4.69) is 10.3 Å². The van der Waals surface area contributed by atoms with Crippen molar-refractivity contribution in [2.45, 2.75) is 18.9 Å². The number of rotatable bonds is 5. The molecule has 0 aliphatic rings. The number of carbonyl (C=O) groups excluding carboxylic acids is 1. The number of nitrogens with one attached hydrogen (secondary N) is 1. The molecule has 0 aliphatic heterocycles. The van der Waals surface area contributed by atoms with E-state index < -0.39 is 5.54 Å². The molecule has 0 fully saturated rings. The highest BCUT2D eigenvalue weighted by Gasteiger charge is 2.27. The predicted octanol–water partition coefficient (Wildman–Crippen LogP) is 1.23. The van der Waals surface area contributed by atoms with Crippen LogP contribution in [0.5, 0.6) is 0 Å². The highest BCUT2D eigenvalue weighted by Crippen LogP contribution is 2.19. The predicted molar refractivity (Wildman–Crippen MR) is 81.4 cm³/mol. The quantitative estimate of drug-likeness (QED) is 0.771. The molecule has 0 radical (unpaired) electrons. The number of pyridine rings is 1. The zero-order chi connectivity index (χ0) is 15.3. The number of nitrogens with two attached hydrogens (primary N) is 1. The van der Waals surface area contributed by atoms with Crippen LogP contribution in [0.3, 0.4) is 0 Å². The molecule has 1 atom stereocenters. The van der Waals surface area contributed by atoms with Crippen molar-refractivity contribution in [1.82, 2.24) is 10.3 Å². The zero-order valence-electron chi connectivity index (χ0n) is 11.9. The summed E-state index contributed by atoms with van der Waals surface area (Å²) in [7, 11) is 0. The average molecular weight is 285 g/mol. The number of nitrogens with zero attached hydrogens (tertiary/aromatic N) is 1. The first-order chi connectivity index (χ1) is 10.0. The van der Waals surface area contributed by atoms with Crippen LogP contribution < -0.4 is 11.1 Å². The Morgan fingerprint density at radius 2 is 2.00 bits per heavy atom. The number of carbonyl (C=O) groups is 1. The summed E-state index contributed by atoms with van der Waals surface area (Å²) in [5.41, 5.74) is 6.79. The first kappa shape index (κ1) is 15.0. The van der Waals surface area contributed by atoms with E-state index in [4.69, 9.17) is 5.73 Å². The molecule has 21 heavy (non-hydrogen) atoms. The largest absolute Gasteiger partial charge is 0.397 e. The maximum atomic E-state index is 12.2. The summed E-state index contributed by atoms with van der Waals surface area (Å²) in [6.07, 6.45) is 1.66. The van der Waals surface area contributed by atoms with Crippen LogP contribution >= 0.6 is 0 Å². The van der Waals surface area contributed by atoms with Crippen molar-refractivity contribution in [3.63, 3.8) is 0 Å². The van der Waals surface area contributed by atoms with Crippen molar-refractivity contribution in [2.24, 2.45) is 0 Å². The monoisotopic (exact) mass is 285 g/mol. The van der Waals surface area contributed by atoms with Crippen LogP contribution in [0.2, 0.25) is 0 Å². The number of hydrogen-bond acceptors (Lipinski definition) is 4. The topological polar surface area (TPSA) is 88.2 Å². The second-order valence-electron chi connectivity index (χ2n) is 5.16. The van der Waals surface area contributed by atoms with Gasteiger partial charge in [0.15, 0.2) is 0 Å². The van der Waals surface area contributed by atoms with E-state index in [0.717, 1.165) is 5.56 Å². The minimum absolute atomic E-state index is 0.142. The van der Waals surface area contributed by atoms with Crippen molar-refractivity contribution < 1.29 is 9.90 Å². The SMILES string of the molecule is CC(CO)(NC(=O)Cc1ccc(N)cn1)c1ccccc1. The van der Waals surface area contributed by atoms with Crippen LogP contribution in [-0.2, 0) is 16.8 Å². The molecule has 5 nitrogen and oxygen atoms in total. The van der Waals surface area contributed by atoms with Crippen LogP contribution in [0, 0.1) is 0 Å². The zero-order valence-corrected chi connectivity index (χ0v) is 11.9. The maximum Gasteiger partial charge on any atom is 0.226 e. The molecule has 5 heteroatoms. The van der Waals surface area contributed by atoms with Gasteiger partial charge in [0.25, 0.3) is 0 Å². The fourth-order valence-corrected chi connectivity index (χ4v) is 2.07. The van der Waals surface area contributed by atoms with Gasteiger partial charge in [0.1, 0.15) is 0 Å². The third-order valence-electron chi connectivity index (χ3n) is 3.33. The van der Waals surface area contributed by atoms with Crippen molar-refractivity contribution in [3.8, 4) is 0 Å². The Morgan fingerprint density at radius 1 is 1.29 bits per heavy atom. The number of nitrogen functional groups attached to an aromatic ring is 1. The van der Waals surface area contributed by atoms with Gasteiger partial charge in [-0.15, -0.1) is 0 Å². The summed E-state index contributed by atoms with van der Waals surface area (Å²) in [6, 6.07) is 12.8. The summed E-state index contributed by atoms with van der Waals surface area (Å²) in [5, 5.41) is 12.5. The second-order valence-corrected chi connectivity index (χ2v) is 5.16. The summed E-state index contributed by atoms with van der Waals surface area (Å²) in [5.74, 6) is -0.201. The van der Waals surface area contributed by atoms with Crippen LogP contribution in [-0.4, -0.2) is 22.6 Å². The van der Waals surface area contributed by atoms with Gasteiger partial charge in [-0.1, -0.05) is 30.3 Å². The second kappa shape index (κ2) is 6.37. The lowest BCUT2D eigenvalue weighted by molar-refractivity contribution is -0.122. The van der Waals surface area contributed by atoms with Gasteiger partial charge in [0.05, 0.1) is 30.5 Å². The molecule has 1 unspecified atom stereocenters. The molecular formula is C16H19N3O2. The number of aliphatic hydroxyl groups is 1. The Balaban J connectivity index is 2.08. The molecule has 0 saturated heterocycles. The Bertz CT molecular complexity index is 599. The minimum atomic E-state index is -0.813. The minimum Gasteiger partial charge on any atom is -0.397 e. The molecule has 1 aromatic heterocycles. The molecule has 110 valence electrons. The lowest BCUT2D eigenvalue weighted by Gasteiger charge is -2.29. The molecule has 0 aliphatic carbocycles. The van der Waals surface area contributed by atoms with Crippen molar-refractivity contribution >= 4 is 11.6 Å². The van der Waals surface area contributed by atoms with Crippen molar-refractivity contribution in [1.29, 1.82) is 0 Å². The fourth-order valence-electron chi connectivity index (χ4n) is 2.07. The van der Waals surface area contributed by atoms with E-state index in [1.54, 1.807) is 19.1 Å². The molecule has 1 heterocycles. The standard InChI is InChI=1S/C16H19N3O2/c1-16(11-20,12-5-3-2-4-6-12)19-15(21)9-14-8-7-13(17)10-18-14/h2-8,10,20H,9,11,17H2,1H3,(H,19,21). The van der Waals surface area contributed by atoms with Crippen molar-refractivity contribution in [2.75, 3.05) is 12.3 Å². The fraction of sp³-hybridized carbons (Fsp3) is 0.250. The van der Waals surface area contributed by atoms with Gasteiger partial charge in [-0.05, 0) is 24.6 Å². The van der Waals surface area contributed by atoms with E-state index in [1.807, 2.05) is 30.3 Å². The summed E-state index contributed by atoms with van der Waals surface area (Å²) in [6.45, 7) is 1.61. The van der Waals surface area contributed by atoms with Gasteiger partial charge in [-0.3, -0.25) is 9.78 Å². The van der Waals surface area contributed by atoms with Gasteiger partial charge in [0.2, 0.25) is 5.91 Å². The highest BCUT2D eigenvalue weighted by molar-refractivity contribution is 5.79. The maximum absolute atomic E-state index is 12.2. The van der Waals surface area contributed by atoms with E-state index in [-0.39, 0.29) is 18.9 Å². The van der Waals surface area contributed by atoms with Gasteiger partial charge < -0.3 is 16.2 Å². The Labute approximate surface area is 123 Å². The molecular weight excluding hydrogens is 266 g/mol. The average Bonchev–Trinajstić information content (AvgIpc) is 2.50. The van der Waals surface area contributed by atoms with Gasteiger partial charge in [-0.25, -0.2) is 0 Å². The summed E-state index contributed by atoms with van der Waals surface area (Å²) >= 11 is 0. The molecule has 2 aromatic rings. The number of aromatic nitrogens is 1. The van der Waals surface area contributed by atoms with Crippen LogP contribution in [0.25, 0.3) is 0 Å². The molecule has 2 rings (SSSR count). The molecule has 0 spiro atoms. The van der Waals surface area contributed by atoms with E-state index in [9.17, 15) is 9.90 Å². The highest BCUT2D eigenvalue weighted by atomic mass is 16.3. The molecule has 1 aromatic carbocycles.